The monoisotopic (exact) mass is 450 g/mol. The molecule has 5 nitrogen and oxygen atoms in total. The smallest absolute Gasteiger partial charge is 0.225 e. The summed E-state index contributed by atoms with van der Waals surface area (Å²) in [6, 6.07) is 25.5. The molecule has 0 amide bonds. The van der Waals surface area contributed by atoms with Gasteiger partial charge in [-0.25, -0.2) is 9.97 Å². The Hall–Kier alpha value is -3.44. The van der Waals surface area contributed by atoms with Gasteiger partial charge in [-0.3, -0.25) is 4.90 Å². The minimum atomic E-state index is 0.667. The molecule has 2 aliphatic heterocycles. The molecule has 2 aliphatic rings. The largest absolute Gasteiger partial charge is 0.497 e. The maximum atomic E-state index is 5.29. The predicted molar refractivity (Wildman–Crippen MR) is 137 cm³/mol. The lowest BCUT2D eigenvalue weighted by Crippen LogP contribution is -2.40. The summed E-state index contributed by atoms with van der Waals surface area (Å²) in [5.74, 6) is 3.20. The van der Waals surface area contributed by atoms with Crippen molar-refractivity contribution in [2.75, 3.05) is 38.2 Å². The molecular formula is C29H30N4O. The van der Waals surface area contributed by atoms with E-state index in [0.717, 1.165) is 55.1 Å². The highest BCUT2D eigenvalue weighted by atomic mass is 16.5. The van der Waals surface area contributed by atoms with Gasteiger partial charge in [-0.05, 0) is 58.9 Å². The van der Waals surface area contributed by atoms with Gasteiger partial charge in [0.05, 0.1) is 12.8 Å². The number of methoxy groups -OCH3 is 1. The Labute approximate surface area is 201 Å². The van der Waals surface area contributed by atoms with Crippen LogP contribution in [0.15, 0.2) is 79.0 Å². The van der Waals surface area contributed by atoms with Gasteiger partial charge in [0.1, 0.15) is 5.75 Å². The van der Waals surface area contributed by atoms with Crippen molar-refractivity contribution in [1.29, 1.82) is 0 Å². The summed E-state index contributed by atoms with van der Waals surface area (Å²) < 4.78 is 5.29. The number of rotatable bonds is 5. The molecule has 0 saturated carbocycles. The van der Waals surface area contributed by atoms with E-state index in [0.29, 0.717) is 5.92 Å². The zero-order valence-corrected chi connectivity index (χ0v) is 19.6. The van der Waals surface area contributed by atoms with Gasteiger partial charge in [-0.1, -0.05) is 48.5 Å². The van der Waals surface area contributed by atoms with Crippen molar-refractivity contribution in [3.63, 3.8) is 0 Å². The van der Waals surface area contributed by atoms with Crippen LogP contribution in [0.4, 0.5) is 5.95 Å². The molecule has 34 heavy (non-hydrogen) atoms. The fourth-order valence-corrected chi connectivity index (χ4v) is 5.58. The summed E-state index contributed by atoms with van der Waals surface area (Å²) in [4.78, 5) is 14.6. The number of ether oxygens (including phenoxy) is 1. The minimum absolute atomic E-state index is 0.667. The van der Waals surface area contributed by atoms with Crippen molar-refractivity contribution < 1.29 is 4.74 Å². The van der Waals surface area contributed by atoms with Crippen molar-refractivity contribution >= 4 is 16.7 Å². The first kappa shape index (κ1) is 21.1. The van der Waals surface area contributed by atoms with E-state index in [1.54, 1.807) is 7.11 Å². The highest BCUT2D eigenvalue weighted by molar-refractivity contribution is 5.86. The van der Waals surface area contributed by atoms with Crippen LogP contribution in [0.3, 0.4) is 0 Å². The fraction of sp³-hybridized carbons (Fsp3) is 0.310. The molecule has 0 aliphatic carbocycles. The van der Waals surface area contributed by atoms with Crippen LogP contribution < -0.4 is 9.64 Å². The molecule has 6 rings (SSSR count). The Kier molecular flexibility index (Phi) is 5.63. The third-order valence-electron chi connectivity index (χ3n) is 7.41. The average molecular weight is 451 g/mol. The minimum Gasteiger partial charge on any atom is -0.497 e. The van der Waals surface area contributed by atoms with Crippen molar-refractivity contribution in [3.05, 3.63) is 84.6 Å². The van der Waals surface area contributed by atoms with Crippen LogP contribution in [0.1, 0.15) is 12.0 Å². The number of anilines is 1. The maximum Gasteiger partial charge on any atom is 0.225 e. The topological polar surface area (TPSA) is 41.5 Å². The normalized spacial score (nSPS) is 20.4. The van der Waals surface area contributed by atoms with E-state index in [9.17, 15) is 0 Å². The standard InChI is InChI=1S/C29H30N4O/c1-34-27-10-6-21(7-11-27)17-32-18-25-13-15-33(20-26(25)19-32)29-30-14-12-28(31-29)24-9-8-22-4-2-3-5-23(22)16-24/h2-12,14,16,25-26H,13,15,17-20H2,1H3/t25-,26?/m1/s1. The number of piperidine rings is 1. The van der Waals surface area contributed by atoms with Crippen LogP contribution >= 0.6 is 0 Å². The van der Waals surface area contributed by atoms with E-state index in [1.807, 2.05) is 12.3 Å². The van der Waals surface area contributed by atoms with Crippen LogP contribution in [0, 0.1) is 11.8 Å². The fourth-order valence-electron chi connectivity index (χ4n) is 5.58. The second-order valence-electron chi connectivity index (χ2n) is 9.60. The number of aromatic nitrogens is 2. The van der Waals surface area contributed by atoms with Crippen molar-refractivity contribution in [1.82, 2.24) is 14.9 Å². The lowest BCUT2D eigenvalue weighted by molar-refractivity contribution is 0.314. The third kappa shape index (κ3) is 4.24. The number of hydrogen-bond donors (Lipinski definition) is 0. The number of likely N-dealkylation sites (tertiary alicyclic amines) is 1. The van der Waals surface area contributed by atoms with E-state index >= 15 is 0 Å². The average Bonchev–Trinajstić information content (AvgIpc) is 3.30. The molecule has 0 spiro atoms. The SMILES string of the molecule is COc1ccc(CN2CC3CN(c4nccc(-c5ccc6ccccc6c5)n4)CC[C@@H]3C2)cc1. The van der Waals surface area contributed by atoms with Crippen LogP contribution in [0.2, 0.25) is 0 Å². The van der Waals surface area contributed by atoms with E-state index < -0.39 is 0 Å². The van der Waals surface area contributed by atoms with E-state index in [-0.39, 0.29) is 0 Å². The first-order valence-corrected chi connectivity index (χ1v) is 12.2. The van der Waals surface area contributed by atoms with Gasteiger partial charge in [0.25, 0.3) is 0 Å². The lowest BCUT2D eigenvalue weighted by atomic mass is 9.89. The summed E-state index contributed by atoms with van der Waals surface area (Å²) in [5, 5.41) is 2.49. The number of nitrogens with zero attached hydrogens (tertiary/aromatic N) is 4. The van der Waals surface area contributed by atoms with Gasteiger partial charge >= 0.3 is 0 Å². The molecule has 2 atom stereocenters. The Bertz CT molecular complexity index is 1290. The maximum absolute atomic E-state index is 5.29. The summed E-state index contributed by atoms with van der Waals surface area (Å²) >= 11 is 0. The van der Waals surface area contributed by atoms with Crippen LogP contribution in [0.25, 0.3) is 22.0 Å². The van der Waals surface area contributed by atoms with Gasteiger partial charge in [-0.15, -0.1) is 0 Å². The molecule has 4 aromatic rings. The number of benzene rings is 3. The summed E-state index contributed by atoms with van der Waals surface area (Å²) in [7, 11) is 1.72. The Balaban J connectivity index is 1.15. The van der Waals surface area contributed by atoms with Crippen LogP contribution in [0.5, 0.6) is 5.75 Å². The highest BCUT2D eigenvalue weighted by Crippen LogP contribution is 2.34. The molecule has 0 radical (unpaired) electrons. The molecule has 5 heteroatoms. The third-order valence-corrected chi connectivity index (χ3v) is 7.41. The molecule has 3 aromatic carbocycles. The van der Waals surface area contributed by atoms with Crippen molar-refractivity contribution in [3.8, 4) is 17.0 Å². The van der Waals surface area contributed by atoms with E-state index in [4.69, 9.17) is 9.72 Å². The summed E-state index contributed by atoms with van der Waals surface area (Å²) in [6.07, 6.45) is 3.11. The number of hydrogen-bond acceptors (Lipinski definition) is 5. The predicted octanol–water partition coefficient (Wildman–Crippen LogP) is 5.26. The number of fused-ring (bicyclic) bond motifs is 2. The van der Waals surface area contributed by atoms with Crippen LogP contribution in [-0.2, 0) is 6.54 Å². The molecule has 0 N–H and O–H groups in total. The molecule has 3 heterocycles. The van der Waals surface area contributed by atoms with Gasteiger partial charge in [0.2, 0.25) is 5.95 Å². The van der Waals surface area contributed by atoms with E-state index in [1.165, 1.54) is 29.3 Å². The second kappa shape index (κ2) is 9.07. The molecule has 1 unspecified atom stereocenters. The summed E-state index contributed by atoms with van der Waals surface area (Å²) in [5.41, 5.74) is 3.48. The molecule has 2 saturated heterocycles. The highest BCUT2D eigenvalue weighted by Gasteiger charge is 2.37. The molecule has 1 aromatic heterocycles. The summed E-state index contributed by atoms with van der Waals surface area (Å²) in [6.45, 7) is 5.38. The van der Waals surface area contributed by atoms with Gasteiger partial charge in [0.15, 0.2) is 0 Å². The van der Waals surface area contributed by atoms with Crippen molar-refractivity contribution in [2.24, 2.45) is 11.8 Å². The van der Waals surface area contributed by atoms with Crippen LogP contribution in [-0.4, -0.2) is 48.2 Å². The second-order valence-corrected chi connectivity index (χ2v) is 9.60. The zero-order valence-electron chi connectivity index (χ0n) is 19.6. The molecular weight excluding hydrogens is 420 g/mol. The first-order chi connectivity index (χ1) is 16.7. The molecule has 172 valence electrons. The molecule has 2 fully saturated rings. The first-order valence-electron chi connectivity index (χ1n) is 12.2. The van der Waals surface area contributed by atoms with Crippen molar-refractivity contribution in [2.45, 2.75) is 13.0 Å². The van der Waals surface area contributed by atoms with Gasteiger partial charge in [-0.2, -0.15) is 0 Å². The van der Waals surface area contributed by atoms with Gasteiger partial charge < -0.3 is 9.64 Å². The Morgan fingerprint density at radius 1 is 0.882 bits per heavy atom. The Morgan fingerprint density at radius 3 is 2.56 bits per heavy atom. The Morgan fingerprint density at radius 2 is 1.71 bits per heavy atom. The zero-order chi connectivity index (χ0) is 22.9. The van der Waals surface area contributed by atoms with E-state index in [2.05, 4.69) is 81.5 Å². The van der Waals surface area contributed by atoms with Gasteiger partial charge in [0, 0.05) is 44.5 Å². The quantitative estimate of drug-likeness (QED) is 0.415. The lowest BCUT2D eigenvalue weighted by Gasteiger charge is -2.34. The molecule has 0 bridgehead atoms.